The molecule has 2 unspecified atom stereocenters. The zero-order valence-corrected chi connectivity index (χ0v) is 16.9. The number of carbonyl (C=O) groups excluding carboxylic acids is 3. The molecule has 2 heterocycles. The fourth-order valence-corrected chi connectivity index (χ4v) is 4.39. The topological polar surface area (TPSA) is 69.7 Å². The Morgan fingerprint density at radius 1 is 1.18 bits per heavy atom. The smallest absolute Gasteiger partial charge is 0.225 e. The number of hydrogen-bond acceptors (Lipinski definition) is 3. The van der Waals surface area contributed by atoms with Gasteiger partial charge in [0.15, 0.2) is 0 Å². The average Bonchev–Trinajstić information content (AvgIpc) is 2.68. The third-order valence-corrected chi connectivity index (χ3v) is 5.80. The molecule has 1 N–H and O–H groups in total. The van der Waals surface area contributed by atoms with Gasteiger partial charge >= 0.3 is 0 Å². The largest absolute Gasteiger partial charge is 0.352 e. The zero-order chi connectivity index (χ0) is 20.1. The first-order valence-corrected chi connectivity index (χ1v) is 10.4. The van der Waals surface area contributed by atoms with Gasteiger partial charge in [0, 0.05) is 39.0 Å². The van der Waals surface area contributed by atoms with Crippen LogP contribution in [0.1, 0.15) is 63.1 Å². The van der Waals surface area contributed by atoms with Crippen LogP contribution in [0.4, 0.5) is 0 Å². The number of likely N-dealkylation sites (tertiary alicyclic amines) is 1. The second-order valence-electron chi connectivity index (χ2n) is 7.88. The Hall–Kier alpha value is -2.37. The highest BCUT2D eigenvalue weighted by Gasteiger charge is 2.33. The van der Waals surface area contributed by atoms with E-state index in [4.69, 9.17) is 0 Å². The Balaban J connectivity index is 1.68. The molecule has 0 aliphatic carbocycles. The third-order valence-electron chi connectivity index (χ3n) is 5.80. The molecular weight excluding hydrogens is 354 g/mol. The molecule has 6 nitrogen and oxygen atoms in total. The molecular formula is C22H31N3O3. The van der Waals surface area contributed by atoms with E-state index in [-0.39, 0.29) is 29.8 Å². The van der Waals surface area contributed by atoms with Gasteiger partial charge in [0.25, 0.3) is 0 Å². The first-order chi connectivity index (χ1) is 13.5. The van der Waals surface area contributed by atoms with E-state index in [0.29, 0.717) is 32.5 Å². The van der Waals surface area contributed by atoms with E-state index in [1.807, 2.05) is 34.9 Å². The lowest BCUT2D eigenvalue weighted by atomic mass is 9.90. The third kappa shape index (κ3) is 4.72. The minimum atomic E-state index is -0.204. The molecule has 152 valence electrons. The van der Waals surface area contributed by atoms with Crippen LogP contribution in [-0.2, 0) is 20.8 Å². The molecule has 2 aliphatic rings. The minimum Gasteiger partial charge on any atom is -0.352 e. The van der Waals surface area contributed by atoms with Crippen LogP contribution in [-0.4, -0.2) is 53.2 Å². The molecule has 3 rings (SSSR count). The maximum Gasteiger partial charge on any atom is 0.225 e. The summed E-state index contributed by atoms with van der Waals surface area (Å²) in [7, 11) is 0. The van der Waals surface area contributed by atoms with Gasteiger partial charge in [-0.15, -0.1) is 0 Å². The van der Waals surface area contributed by atoms with E-state index in [9.17, 15) is 14.4 Å². The number of nitrogens with zero attached hydrogens (tertiary/aromatic N) is 2. The van der Waals surface area contributed by atoms with Gasteiger partial charge in [0.1, 0.15) is 0 Å². The number of hydrogen-bond donors (Lipinski definition) is 1. The molecule has 3 amide bonds. The standard InChI is InChI=1S/C22H31N3O3/c1-3-7-21(27)23-18-9-6-12-24(15-18)22(28)14-20-19-10-5-4-8-17(19)11-13-25(20)16(2)26/h4-5,8,10,18,20H,3,6-7,9,11-15H2,1-2H3,(H,23,27). The average molecular weight is 386 g/mol. The second-order valence-corrected chi connectivity index (χ2v) is 7.88. The number of carbonyl (C=O) groups is 3. The molecule has 1 aromatic rings. The molecule has 1 fully saturated rings. The number of fused-ring (bicyclic) bond motifs is 1. The number of rotatable bonds is 5. The Labute approximate surface area is 167 Å². The summed E-state index contributed by atoms with van der Waals surface area (Å²) in [4.78, 5) is 40.8. The van der Waals surface area contributed by atoms with Gasteiger partial charge in [0.05, 0.1) is 12.5 Å². The maximum atomic E-state index is 13.1. The summed E-state index contributed by atoms with van der Waals surface area (Å²) in [6.45, 7) is 5.49. The van der Waals surface area contributed by atoms with Gasteiger partial charge < -0.3 is 15.1 Å². The number of nitrogens with one attached hydrogen (secondary N) is 1. The van der Waals surface area contributed by atoms with E-state index in [2.05, 4.69) is 11.4 Å². The quantitative estimate of drug-likeness (QED) is 0.846. The van der Waals surface area contributed by atoms with Crippen molar-refractivity contribution >= 4 is 17.7 Å². The van der Waals surface area contributed by atoms with E-state index < -0.39 is 0 Å². The summed E-state index contributed by atoms with van der Waals surface area (Å²) >= 11 is 0. The Morgan fingerprint density at radius 2 is 1.96 bits per heavy atom. The zero-order valence-electron chi connectivity index (χ0n) is 16.9. The van der Waals surface area contributed by atoms with Crippen molar-refractivity contribution in [3.63, 3.8) is 0 Å². The molecule has 0 aromatic heterocycles. The molecule has 0 spiro atoms. The van der Waals surface area contributed by atoms with Crippen molar-refractivity contribution in [3.05, 3.63) is 35.4 Å². The molecule has 28 heavy (non-hydrogen) atoms. The van der Waals surface area contributed by atoms with E-state index >= 15 is 0 Å². The highest BCUT2D eigenvalue weighted by Crippen LogP contribution is 2.33. The summed E-state index contributed by atoms with van der Waals surface area (Å²) in [6, 6.07) is 7.93. The maximum absolute atomic E-state index is 13.1. The first-order valence-electron chi connectivity index (χ1n) is 10.4. The fourth-order valence-electron chi connectivity index (χ4n) is 4.39. The van der Waals surface area contributed by atoms with Crippen molar-refractivity contribution in [1.82, 2.24) is 15.1 Å². The molecule has 2 aliphatic heterocycles. The number of piperidine rings is 1. The van der Waals surface area contributed by atoms with Gasteiger partial charge in [-0.25, -0.2) is 0 Å². The van der Waals surface area contributed by atoms with Crippen molar-refractivity contribution in [2.24, 2.45) is 0 Å². The van der Waals surface area contributed by atoms with Crippen molar-refractivity contribution in [3.8, 4) is 0 Å². The molecule has 2 atom stereocenters. The second kappa shape index (κ2) is 9.22. The molecule has 6 heteroatoms. The van der Waals surface area contributed by atoms with Crippen LogP contribution < -0.4 is 5.32 Å². The van der Waals surface area contributed by atoms with Crippen molar-refractivity contribution in [2.75, 3.05) is 19.6 Å². The lowest BCUT2D eigenvalue weighted by Gasteiger charge is -2.39. The fraction of sp³-hybridized carbons (Fsp3) is 0.591. The molecule has 1 aromatic carbocycles. The molecule has 0 saturated carbocycles. The SMILES string of the molecule is CCCC(=O)NC1CCCN(C(=O)CC2c3ccccc3CCN2C(C)=O)C1. The number of benzene rings is 1. The Morgan fingerprint density at radius 3 is 2.71 bits per heavy atom. The van der Waals surface area contributed by atoms with Crippen LogP contribution in [0, 0.1) is 0 Å². The normalized spacial score (nSPS) is 21.8. The van der Waals surface area contributed by atoms with Gasteiger partial charge in [-0.3, -0.25) is 14.4 Å². The van der Waals surface area contributed by atoms with E-state index in [1.165, 1.54) is 5.56 Å². The summed E-state index contributed by atoms with van der Waals surface area (Å²) in [6.07, 6.45) is 4.27. The van der Waals surface area contributed by atoms with E-state index in [1.54, 1.807) is 6.92 Å². The Kier molecular flexibility index (Phi) is 6.70. The molecule has 0 bridgehead atoms. The van der Waals surface area contributed by atoms with Crippen LogP contribution in [0.25, 0.3) is 0 Å². The predicted octanol–water partition coefficient (Wildman–Crippen LogP) is 2.43. The van der Waals surface area contributed by atoms with Crippen LogP contribution in [0.3, 0.4) is 0 Å². The summed E-state index contributed by atoms with van der Waals surface area (Å²) in [5, 5.41) is 3.05. The van der Waals surface area contributed by atoms with Crippen molar-refractivity contribution in [1.29, 1.82) is 0 Å². The van der Waals surface area contributed by atoms with Crippen LogP contribution in [0.2, 0.25) is 0 Å². The van der Waals surface area contributed by atoms with Gasteiger partial charge in [-0.2, -0.15) is 0 Å². The lowest BCUT2D eigenvalue weighted by Crippen LogP contribution is -2.50. The predicted molar refractivity (Wildman–Crippen MR) is 108 cm³/mol. The first kappa shape index (κ1) is 20.4. The van der Waals surface area contributed by atoms with Gasteiger partial charge in [-0.1, -0.05) is 31.2 Å². The number of amides is 3. The summed E-state index contributed by atoms with van der Waals surface area (Å²) in [5.74, 6) is 0.129. The van der Waals surface area contributed by atoms with Crippen molar-refractivity contribution < 1.29 is 14.4 Å². The monoisotopic (exact) mass is 385 g/mol. The molecule has 1 saturated heterocycles. The minimum absolute atomic E-state index is 0.00986. The summed E-state index contributed by atoms with van der Waals surface area (Å²) < 4.78 is 0. The molecule has 0 radical (unpaired) electrons. The highest BCUT2D eigenvalue weighted by atomic mass is 16.2. The Bertz CT molecular complexity index is 733. The van der Waals surface area contributed by atoms with Crippen LogP contribution in [0.15, 0.2) is 24.3 Å². The van der Waals surface area contributed by atoms with Gasteiger partial charge in [-0.05, 0) is 36.8 Å². The lowest BCUT2D eigenvalue weighted by molar-refractivity contribution is -0.138. The highest BCUT2D eigenvalue weighted by molar-refractivity contribution is 5.80. The van der Waals surface area contributed by atoms with Crippen LogP contribution in [0.5, 0.6) is 0 Å². The van der Waals surface area contributed by atoms with Crippen LogP contribution >= 0.6 is 0 Å². The van der Waals surface area contributed by atoms with Crippen molar-refractivity contribution in [2.45, 2.75) is 64.5 Å². The van der Waals surface area contributed by atoms with Gasteiger partial charge in [0.2, 0.25) is 17.7 Å². The van der Waals surface area contributed by atoms with E-state index in [0.717, 1.165) is 31.2 Å². The summed E-state index contributed by atoms with van der Waals surface area (Å²) in [5.41, 5.74) is 2.31.